The lowest BCUT2D eigenvalue weighted by atomic mass is 9.90. The molecule has 1 aliphatic rings. The summed E-state index contributed by atoms with van der Waals surface area (Å²) in [5.41, 5.74) is 6.20. The number of ether oxygens (including phenoxy) is 1. The molecule has 0 aromatic carbocycles. The minimum atomic E-state index is 0.253. The Hall–Kier alpha value is -0.0900. The minimum absolute atomic E-state index is 0.253. The van der Waals surface area contributed by atoms with Gasteiger partial charge in [-0.2, -0.15) is 0 Å². The summed E-state index contributed by atoms with van der Waals surface area (Å²) in [6, 6.07) is 4.27. The standard InChI is InChI=1S/C11H16ClNOS/c12-11-2-1-9(15-11)7-10(13)8-3-5-14-6-4-8/h1-2,8,10H,3-7,13H2. The molecular formula is C11H16ClNOS. The van der Waals surface area contributed by atoms with Crippen molar-refractivity contribution in [3.8, 4) is 0 Å². The van der Waals surface area contributed by atoms with E-state index in [1.165, 1.54) is 4.88 Å². The summed E-state index contributed by atoms with van der Waals surface area (Å²) in [6.07, 6.45) is 3.14. The Morgan fingerprint density at radius 2 is 2.20 bits per heavy atom. The largest absolute Gasteiger partial charge is 0.381 e. The molecule has 1 fully saturated rings. The Balaban J connectivity index is 1.88. The van der Waals surface area contributed by atoms with Crippen LogP contribution in [0.2, 0.25) is 4.34 Å². The molecule has 0 saturated carbocycles. The summed E-state index contributed by atoms with van der Waals surface area (Å²) >= 11 is 7.52. The van der Waals surface area contributed by atoms with E-state index in [0.717, 1.165) is 36.8 Å². The van der Waals surface area contributed by atoms with Crippen molar-refractivity contribution in [3.05, 3.63) is 21.3 Å². The fourth-order valence-corrected chi connectivity index (χ4v) is 3.16. The molecule has 84 valence electrons. The number of halogens is 1. The molecule has 0 radical (unpaired) electrons. The third-order valence-electron chi connectivity index (χ3n) is 2.94. The third-order valence-corrected chi connectivity index (χ3v) is 4.19. The van der Waals surface area contributed by atoms with Crippen LogP contribution in [-0.2, 0) is 11.2 Å². The van der Waals surface area contributed by atoms with Crippen molar-refractivity contribution < 1.29 is 4.74 Å². The summed E-state index contributed by atoms with van der Waals surface area (Å²) in [7, 11) is 0. The van der Waals surface area contributed by atoms with Crippen LogP contribution >= 0.6 is 22.9 Å². The van der Waals surface area contributed by atoms with Gasteiger partial charge in [0.05, 0.1) is 4.34 Å². The van der Waals surface area contributed by atoms with Crippen LogP contribution in [0.25, 0.3) is 0 Å². The van der Waals surface area contributed by atoms with E-state index in [0.29, 0.717) is 5.92 Å². The van der Waals surface area contributed by atoms with E-state index in [-0.39, 0.29) is 6.04 Å². The molecule has 2 N–H and O–H groups in total. The molecule has 2 heterocycles. The molecule has 0 spiro atoms. The van der Waals surface area contributed by atoms with Gasteiger partial charge in [-0.15, -0.1) is 11.3 Å². The predicted octanol–water partition coefficient (Wildman–Crippen LogP) is 2.70. The topological polar surface area (TPSA) is 35.2 Å². The molecule has 0 amide bonds. The first-order chi connectivity index (χ1) is 7.25. The highest BCUT2D eigenvalue weighted by atomic mass is 35.5. The zero-order chi connectivity index (χ0) is 10.7. The first-order valence-electron chi connectivity index (χ1n) is 5.33. The summed E-state index contributed by atoms with van der Waals surface area (Å²) < 4.78 is 6.18. The Labute approximate surface area is 99.4 Å². The quantitative estimate of drug-likeness (QED) is 0.889. The summed E-state index contributed by atoms with van der Waals surface area (Å²) in [4.78, 5) is 1.29. The molecule has 1 aromatic rings. The van der Waals surface area contributed by atoms with Gasteiger partial charge in [0.25, 0.3) is 0 Å². The number of hydrogen-bond donors (Lipinski definition) is 1. The first-order valence-corrected chi connectivity index (χ1v) is 6.52. The number of nitrogens with two attached hydrogens (primary N) is 1. The highest BCUT2D eigenvalue weighted by Crippen LogP contribution is 2.25. The molecule has 1 atom stereocenters. The minimum Gasteiger partial charge on any atom is -0.381 e. The predicted molar refractivity (Wildman–Crippen MR) is 64.6 cm³/mol. The highest BCUT2D eigenvalue weighted by molar-refractivity contribution is 7.16. The van der Waals surface area contributed by atoms with E-state index in [2.05, 4.69) is 6.07 Å². The lowest BCUT2D eigenvalue weighted by Gasteiger charge is -2.27. The van der Waals surface area contributed by atoms with Crippen LogP contribution in [0, 0.1) is 5.92 Å². The molecule has 4 heteroatoms. The van der Waals surface area contributed by atoms with Gasteiger partial charge in [0.2, 0.25) is 0 Å². The third kappa shape index (κ3) is 3.18. The first kappa shape index (κ1) is 11.4. The average molecular weight is 246 g/mol. The van der Waals surface area contributed by atoms with Crippen molar-refractivity contribution in [2.24, 2.45) is 11.7 Å². The van der Waals surface area contributed by atoms with Gasteiger partial charge in [0.15, 0.2) is 0 Å². The second kappa shape index (κ2) is 5.30. The van der Waals surface area contributed by atoms with Gasteiger partial charge < -0.3 is 10.5 Å². The van der Waals surface area contributed by atoms with E-state index in [1.54, 1.807) is 11.3 Å². The molecule has 15 heavy (non-hydrogen) atoms. The Kier molecular flexibility index (Phi) is 4.03. The van der Waals surface area contributed by atoms with E-state index in [9.17, 15) is 0 Å². The Morgan fingerprint density at radius 1 is 1.47 bits per heavy atom. The maximum atomic E-state index is 6.20. The van der Waals surface area contributed by atoms with E-state index < -0.39 is 0 Å². The zero-order valence-corrected chi connectivity index (χ0v) is 10.2. The molecular weight excluding hydrogens is 230 g/mol. The van der Waals surface area contributed by atoms with Crippen LogP contribution in [0.15, 0.2) is 12.1 Å². The maximum absolute atomic E-state index is 6.20. The molecule has 0 bridgehead atoms. The van der Waals surface area contributed by atoms with Gasteiger partial charge in [-0.25, -0.2) is 0 Å². The van der Waals surface area contributed by atoms with Crippen LogP contribution in [0.5, 0.6) is 0 Å². The van der Waals surface area contributed by atoms with Crippen molar-refractivity contribution >= 4 is 22.9 Å². The van der Waals surface area contributed by atoms with Gasteiger partial charge in [-0.3, -0.25) is 0 Å². The zero-order valence-electron chi connectivity index (χ0n) is 8.62. The Morgan fingerprint density at radius 3 is 2.80 bits per heavy atom. The van der Waals surface area contributed by atoms with E-state index >= 15 is 0 Å². The van der Waals surface area contributed by atoms with Gasteiger partial charge >= 0.3 is 0 Å². The van der Waals surface area contributed by atoms with Crippen LogP contribution in [0.3, 0.4) is 0 Å². The van der Waals surface area contributed by atoms with Crippen LogP contribution in [0.1, 0.15) is 17.7 Å². The van der Waals surface area contributed by atoms with Crippen LogP contribution in [0.4, 0.5) is 0 Å². The number of rotatable bonds is 3. The van der Waals surface area contributed by atoms with E-state index in [4.69, 9.17) is 22.1 Å². The number of hydrogen-bond acceptors (Lipinski definition) is 3. The second-order valence-electron chi connectivity index (χ2n) is 4.02. The van der Waals surface area contributed by atoms with Crippen molar-refractivity contribution in [1.82, 2.24) is 0 Å². The van der Waals surface area contributed by atoms with Gasteiger partial charge in [0, 0.05) is 24.1 Å². The molecule has 1 aliphatic heterocycles. The lowest BCUT2D eigenvalue weighted by molar-refractivity contribution is 0.0585. The number of thiophene rings is 1. The summed E-state index contributed by atoms with van der Waals surface area (Å²) in [6.45, 7) is 1.73. The van der Waals surface area contributed by atoms with Gasteiger partial charge in [-0.1, -0.05) is 11.6 Å². The summed E-state index contributed by atoms with van der Waals surface area (Å²) in [5, 5.41) is 0. The SMILES string of the molecule is NC(Cc1ccc(Cl)s1)C1CCOCC1. The van der Waals surface area contributed by atoms with Crippen LogP contribution < -0.4 is 5.73 Å². The Bertz CT molecular complexity index is 309. The normalized spacial score (nSPS) is 20.4. The monoisotopic (exact) mass is 245 g/mol. The smallest absolute Gasteiger partial charge is 0.0931 e. The van der Waals surface area contributed by atoms with Gasteiger partial charge in [0.1, 0.15) is 0 Å². The summed E-state index contributed by atoms with van der Waals surface area (Å²) in [5.74, 6) is 0.611. The molecule has 2 rings (SSSR count). The molecule has 1 saturated heterocycles. The van der Waals surface area contributed by atoms with Crippen molar-refractivity contribution in [1.29, 1.82) is 0 Å². The maximum Gasteiger partial charge on any atom is 0.0931 e. The fourth-order valence-electron chi connectivity index (χ4n) is 2.00. The molecule has 2 nitrogen and oxygen atoms in total. The second-order valence-corrected chi connectivity index (χ2v) is 5.82. The van der Waals surface area contributed by atoms with Crippen molar-refractivity contribution in [2.75, 3.05) is 13.2 Å². The average Bonchev–Trinajstić information content (AvgIpc) is 2.65. The fraction of sp³-hybridized carbons (Fsp3) is 0.636. The molecule has 1 aromatic heterocycles. The van der Waals surface area contributed by atoms with Crippen molar-refractivity contribution in [3.63, 3.8) is 0 Å². The van der Waals surface area contributed by atoms with Crippen molar-refractivity contribution in [2.45, 2.75) is 25.3 Å². The van der Waals surface area contributed by atoms with Gasteiger partial charge in [-0.05, 0) is 37.3 Å². The molecule has 0 aliphatic carbocycles. The highest BCUT2D eigenvalue weighted by Gasteiger charge is 2.21. The van der Waals surface area contributed by atoms with Crippen LogP contribution in [-0.4, -0.2) is 19.3 Å². The lowest BCUT2D eigenvalue weighted by Crippen LogP contribution is -2.35. The van der Waals surface area contributed by atoms with E-state index in [1.807, 2.05) is 6.07 Å². The molecule has 1 unspecified atom stereocenters.